The summed E-state index contributed by atoms with van der Waals surface area (Å²) in [5, 5.41) is 0. The molecule has 4 heteroatoms. The maximum atomic E-state index is 5.82. The van der Waals surface area contributed by atoms with Crippen molar-refractivity contribution in [3.63, 3.8) is 0 Å². The molecule has 1 atom stereocenters. The fourth-order valence-electron chi connectivity index (χ4n) is 1.94. The number of aromatic nitrogens is 2. The number of aryl methyl sites for hydroxylation is 1. The number of methoxy groups -OCH3 is 1. The summed E-state index contributed by atoms with van der Waals surface area (Å²) in [4.78, 5) is 4.22. The maximum absolute atomic E-state index is 5.82. The number of ether oxygens (including phenoxy) is 1. The van der Waals surface area contributed by atoms with Gasteiger partial charge in [-0.3, -0.25) is 0 Å². The van der Waals surface area contributed by atoms with Gasteiger partial charge in [-0.2, -0.15) is 0 Å². The Morgan fingerprint density at radius 2 is 2.25 bits per heavy atom. The second-order valence-electron chi connectivity index (χ2n) is 4.44. The number of nitrogens with zero attached hydrogens (tertiary/aromatic N) is 2. The molecule has 2 N–H and O–H groups in total. The third-order valence-corrected chi connectivity index (χ3v) is 2.93. The van der Waals surface area contributed by atoms with Crippen molar-refractivity contribution in [3.05, 3.63) is 18.2 Å². The number of hydrogen-bond acceptors (Lipinski definition) is 3. The van der Waals surface area contributed by atoms with E-state index in [0.29, 0.717) is 18.4 Å². The van der Waals surface area contributed by atoms with Crippen LogP contribution in [0.1, 0.15) is 31.9 Å². The maximum Gasteiger partial charge on any atom is 0.0948 e. The third-order valence-electron chi connectivity index (χ3n) is 2.93. The molecule has 0 saturated carbocycles. The average molecular weight is 225 g/mol. The lowest BCUT2D eigenvalue weighted by Gasteiger charge is -2.20. The van der Waals surface area contributed by atoms with Crippen molar-refractivity contribution in [2.24, 2.45) is 11.7 Å². The van der Waals surface area contributed by atoms with Crippen LogP contribution < -0.4 is 5.73 Å². The van der Waals surface area contributed by atoms with Crippen LogP contribution in [0.15, 0.2) is 12.5 Å². The predicted molar refractivity (Wildman–Crippen MR) is 65.4 cm³/mol. The van der Waals surface area contributed by atoms with Gasteiger partial charge in [0.2, 0.25) is 0 Å². The summed E-state index contributed by atoms with van der Waals surface area (Å²) in [5.74, 6) is 0.938. The highest BCUT2D eigenvalue weighted by Gasteiger charge is 2.17. The molecule has 0 amide bonds. The molecule has 0 aromatic carbocycles. The largest absolute Gasteiger partial charge is 0.385 e. The molecule has 0 saturated heterocycles. The van der Waals surface area contributed by atoms with Gasteiger partial charge in [0, 0.05) is 44.6 Å². The van der Waals surface area contributed by atoms with Gasteiger partial charge in [0.25, 0.3) is 0 Å². The molecule has 0 radical (unpaired) electrons. The van der Waals surface area contributed by atoms with E-state index in [4.69, 9.17) is 10.5 Å². The minimum Gasteiger partial charge on any atom is -0.385 e. The highest BCUT2D eigenvalue weighted by molar-refractivity contribution is 5.08. The van der Waals surface area contributed by atoms with Crippen LogP contribution >= 0.6 is 0 Å². The highest BCUT2D eigenvalue weighted by atomic mass is 16.5. The molecule has 1 aromatic heterocycles. The number of hydrogen-bond donors (Lipinski definition) is 1. The van der Waals surface area contributed by atoms with Crippen LogP contribution in [0.4, 0.5) is 0 Å². The summed E-state index contributed by atoms with van der Waals surface area (Å²) in [6.07, 6.45) is 4.83. The van der Waals surface area contributed by atoms with Gasteiger partial charge in [-0.15, -0.1) is 0 Å². The predicted octanol–water partition coefficient (Wildman–Crippen LogP) is 1.62. The molecular weight excluding hydrogens is 202 g/mol. The quantitative estimate of drug-likeness (QED) is 0.717. The van der Waals surface area contributed by atoms with E-state index >= 15 is 0 Å². The van der Waals surface area contributed by atoms with Gasteiger partial charge in [0.1, 0.15) is 0 Å². The van der Waals surface area contributed by atoms with Crippen molar-refractivity contribution in [3.8, 4) is 0 Å². The molecule has 0 spiro atoms. The zero-order chi connectivity index (χ0) is 12.0. The molecule has 1 unspecified atom stereocenters. The van der Waals surface area contributed by atoms with E-state index in [1.54, 1.807) is 7.11 Å². The molecule has 0 aliphatic heterocycles. The Hall–Kier alpha value is -0.870. The summed E-state index contributed by atoms with van der Waals surface area (Å²) in [6, 6.07) is 0. The van der Waals surface area contributed by atoms with E-state index in [9.17, 15) is 0 Å². The normalized spacial score (nSPS) is 13.3. The van der Waals surface area contributed by atoms with Crippen molar-refractivity contribution in [2.45, 2.75) is 32.7 Å². The van der Waals surface area contributed by atoms with E-state index < -0.39 is 0 Å². The zero-order valence-corrected chi connectivity index (χ0v) is 10.5. The van der Waals surface area contributed by atoms with E-state index in [-0.39, 0.29) is 0 Å². The Bertz CT molecular complexity index is 296. The SMILES string of the molecule is COCCCn1cncc1C(CN)C(C)C. The van der Waals surface area contributed by atoms with Crippen molar-refractivity contribution in [1.82, 2.24) is 9.55 Å². The van der Waals surface area contributed by atoms with Crippen LogP contribution in [0.5, 0.6) is 0 Å². The first-order valence-electron chi connectivity index (χ1n) is 5.89. The van der Waals surface area contributed by atoms with Gasteiger partial charge in [-0.1, -0.05) is 13.8 Å². The minimum atomic E-state index is 0.394. The van der Waals surface area contributed by atoms with Crippen LogP contribution in [-0.4, -0.2) is 29.8 Å². The topological polar surface area (TPSA) is 53.1 Å². The second kappa shape index (κ2) is 6.66. The van der Waals surface area contributed by atoms with Gasteiger partial charge >= 0.3 is 0 Å². The number of imidazole rings is 1. The van der Waals surface area contributed by atoms with Gasteiger partial charge in [-0.05, 0) is 12.3 Å². The zero-order valence-electron chi connectivity index (χ0n) is 10.5. The lowest BCUT2D eigenvalue weighted by molar-refractivity contribution is 0.189. The fraction of sp³-hybridized carbons (Fsp3) is 0.750. The first-order chi connectivity index (χ1) is 7.70. The fourth-order valence-corrected chi connectivity index (χ4v) is 1.94. The molecule has 0 aliphatic carbocycles. The highest BCUT2D eigenvalue weighted by Crippen LogP contribution is 2.22. The van der Waals surface area contributed by atoms with Gasteiger partial charge in [0.15, 0.2) is 0 Å². The molecular formula is C12H23N3O. The molecule has 1 aromatic rings. The first-order valence-corrected chi connectivity index (χ1v) is 5.89. The molecule has 0 bridgehead atoms. The molecule has 1 heterocycles. The third kappa shape index (κ3) is 3.32. The Morgan fingerprint density at radius 3 is 2.81 bits per heavy atom. The van der Waals surface area contributed by atoms with Crippen LogP contribution in [0.25, 0.3) is 0 Å². The Kier molecular flexibility index (Phi) is 5.49. The van der Waals surface area contributed by atoms with Crippen molar-refractivity contribution < 1.29 is 4.74 Å². The van der Waals surface area contributed by atoms with E-state index in [1.165, 1.54) is 5.69 Å². The first kappa shape index (κ1) is 13.2. The van der Waals surface area contributed by atoms with E-state index in [1.807, 2.05) is 12.5 Å². The number of nitrogens with two attached hydrogens (primary N) is 1. The molecule has 92 valence electrons. The minimum absolute atomic E-state index is 0.394. The number of rotatable bonds is 7. The molecule has 1 rings (SSSR count). The van der Waals surface area contributed by atoms with Gasteiger partial charge in [-0.25, -0.2) is 4.98 Å². The molecule has 0 fully saturated rings. The van der Waals surface area contributed by atoms with Crippen LogP contribution in [0.3, 0.4) is 0 Å². The molecule has 4 nitrogen and oxygen atoms in total. The summed E-state index contributed by atoms with van der Waals surface area (Å²) >= 11 is 0. The standard InChI is InChI=1S/C12H23N3O/c1-10(2)11(7-13)12-8-14-9-15(12)5-4-6-16-3/h8-11H,4-7,13H2,1-3H3. The van der Waals surface area contributed by atoms with Crippen molar-refractivity contribution >= 4 is 0 Å². The Balaban J connectivity index is 2.68. The monoisotopic (exact) mass is 225 g/mol. The van der Waals surface area contributed by atoms with Crippen LogP contribution in [0, 0.1) is 5.92 Å². The Labute approximate surface area is 97.8 Å². The van der Waals surface area contributed by atoms with E-state index in [2.05, 4.69) is 23.4 Å². The summed E-state index contributed by atoms with van der Waals surface area (Å²) in [6.45, 7) is 6.81. The summed E-state index contributed by atoms with van der Waals surface area (Å²) in [7, 11) is 1.73. The van der Waals surface area contributed by atoms with Crippen molar-refractivity contribution in [2.75, 3.05) is 20.3 Å². The van der Waals surface area contributed by atoms with E-state index in [0.717, 1.165) is 19.6 Å². The lowest BCUT2D eigenvalue weighted by Crippen LogP contribution is -2.21. The van der Waals surface area contributed by atoms with Gasteiger partial charge < -0.3 is 15.0 Å². The molecule has 0 aliphatic rings. The van der Waals surface area contributed by atoms with Crippen LogP contribution in [-0.2, 0) is 11.3 Å². The lowest BCUT2D eigenvalue weighted by atomic mass is 9.93. The van der Waals surface area contributed by atoms with Crippen molar-refractivity contribution in [1.29, 1.82) is 0 Å². The average Bonchev–Trinajstić information content (AvgIpc) is 2.68. The smallest absolute Gasteiger partial charge is 0.0948 e. The summed E-state index contributed by atoms with van der Waals surface area (Å²) in [5.41, 5.74) is 7.07. The molecule has 16 heavy (non-hydrogen) atoms. The van der Waals surface area contributed by atoms with Crippen LogP contribution in [0.2, 0.25) is 0 Å². The second-order valence-corrected chi connectivity index (χ2v) is 4.44. The Morgan fingerprint density at radius 1 is 1.50 bits per heavy atom. The van der Waals surface area contributed by atoms with Gasteiger partial charge in [0.05, 0.1) is 6.33 Å². The summed E-state index contributed by atoms with van der Waals surface area (Å²) < 4.78 is 7.25.